The Bertz CT molecular complexity index is 775. The first-order chi connectivity index (χ1) is 14.0. The van der Waals surface area contributed by atoms with E-state index in [0.29, 0.717) is 29.7 Å². The summed E-state index contributed by atoms with van der Waals surface area (Å²) in [6, 6.07) is 0. The summed E-state index contributed by atoms with van der Waals surface area (Å²) in [6.07, 6.45) is 17.4. The second-order valence-corrected chi connectivity index (χ2v) is 10.9. The Kier molecular flexibility index (Phi) is 6.97. The summed E-state index contributed by atoms with van der Waals surface area (Å²) in [5, 5.41) is 9.94. The van der Waals surface area contributed by atoms with Crippen molar-refractivity contribution in [1.82, 2.24) is 0 Å². The summed E-state index contributed by atoms with van der Waals surface area (Å²) in [5.41, 5.74) is 4.40. The number of rotatable bonds is 5. The van der Waals surface area contributed by atoms with Gasteiger partial charge in [-0.2, -0.15) is 0 Å². The van der Waals surface area contributed by atoms with Crippen LogP contribution in [0.3, 0.4) is 0 Å². The molecule has 1 N–H and O–H groups in total. The topological polar surface area (TPSA) is 20.2 Å². The maximum Gasteiger partial charge on any atom is 0.125 e. The molecule has 3 aliphatic carbocycles. The molecule has 0 spiro atoms. The lowest BCUT2D eigenvalue weighted by molar-refractivity contribution is 0.132. The minimum atomic E-state index is -0.882. The molecular formula is C28H41FO. The lowest BCUT2D eigenvalue weighted by atomic mass is 9.62. The van der Waals surface area contributed by atoms with Crippen LogP contribution in [-0.2, 0) is 0 Å². The van der Waals surface area contributed by atoms with Crippen LogP contribution in [0.5, 0.6) is 0 Å². The summed E-state index contributed by atoms with van der Waals surface area (Å²) < 4.78 is 14.2. The van der Waals surface area contributed by atoms with Crippen molar-refractivity contribution in [3.63, 3.8) is 0 Å². The summed E-state index contributed by atoms with van der Waals surface area (Å²) >= 11 is 0. The molecule has 30 heavy (non-hydrogen) atoms. The first kappa shape index (κ1) is 23.3. The van der Waals surface area contributed by atoms with Gasteiger partial charge in [0.25, 0.3) is 0 Å². The number of alkyl halides is 1. The molecule has 2 saturated carbocycles. The molecular weight excluding hydrogens is 371 g/mol. The first-order valence-corrected chi connectivity index (χ1v) is 11.8. The van der Waals surface area contributed by atoms with E-state index in [9.17, 15) is 9.50 Å². The van der Waals surface area contributed by atoms with Gasteiger partial charge in [-0.3, -0.25) is 0 Å². The van der Waals surface area contributed by atoms with E-state index in [1.54, 1.807) is 5.57 Å². The molecule has 166 valence electrons. The zero-order valence-corrected chi connectivity index (χ0v) is 19.7. The van der Waals surface area contributed by atoms with Gasteiger partial charge in [-0.1, -0.05) is 68.9 Å². The maximum absolute atomic E-state index is 14.2. The molecule has 0 amide bonds. The van der Waals surface area contributed by atoms with E-state index in [0.717, 1.165) is 31.3 Å². The van der Waals surface area contributed by atoms with Crippen molar-refractivity contribution >= 4 is 0 Å². The SMILES string of the molecule is C=C1/C(=C/C=C2/CCCC3(C)C(C(C)C/C=C/C(C)(C)O)=CCC23)CC(C)CC1F. The van der Waals surface area contributed by atoms with Gasteiger partial charge in [0, 0.05) is 0 Å². The lowest BCUT2D eigenvalue weighted by Crippen LogP contribution is -2.32. The van der Waals surface area contributed by atoms with E-state index >= 15 is 0 Å². The molecule has 1 nitrogen and oxygen atoms in total. The van der Waals surface area contributed by atoms with E-state index < -0.39 is 11.8 Å². The Hall–Kier alpha value is -1.41. The highest BCUT2D eigenvalue weighted by molar-refractivity contribution is 5.40. The van der Waals surface area contributed by atoms with Crippen LogP contribution >= 0.6 is 0 Å². The number of halogens is 1. The summed E-state index contributed by atoms with van der Waals surface area (Å²) in [4.78, 5) is 0. The fourth-order valence-corrected chi connectivity index (χ4v) is 5.97. The van der Waals surface area contributed by atoms with Gasteiger partial charge in [-0.05, 0) is 93.1 Å². The van der Waals surface area contributed by atoms with Crippen molar-refractivity contribution in [2.45, 2.75) is 91.3 Å². The Labute approximate surface area is 183 Å². The highest BCUT2D eigenvalue weighted by Gasteiger charge is 2.45. The zero-order valence-electron chi connectivity index (χ0n) is 19.7. The molecule has 5 atom stereocenters. The predicted octanol–water partition coefficient (Wildman–Crippen LogP) is 7.65. The van der Waals surface area contributed by atoms with Crippen molar-refractivity contribution in [2.24, 2.45) is 23.2 Å². The predicted molar refractivity (Wildman–Crippen MR) is 126 cm³/mol. The van der Waals surface area contributed by atoms with Gasteiger partial charge in [0.05, 0.1) is 5.60 Å². The third-order valence-corrected chi connectivity index (χ3v) is 7.62. The van der Waals surface area contributed by atoms with Crippen molar-refractivity contribution in [1.29, 1.82) is 0 Å². The Morgan fingerprint density at radius 3 is 2.80 bits per heavy atom. The van der Waals surface area contributed by atoms with Crippen LogP contribution in [0.15, 0.2) is 59.3 Å². The third kappa shape index (κ3) is 5.07. The second-order valence-electron chi connectivity index (χ2n) is 10.9. The van der Waals surface area contributed by atoms with Gasteiger partial charge in [-0.25, -0.2) is 4.39 Å². The quantitative estimate of drug-likeness (QED) is 0.460. The minimum Gasteiger partial charge on any atom is -0.386 e. The van der Waals surface area contributed by atoms with Crippen LogP contribution in [0.4, 0.5) is 4.39 Å². The number of allylic oxidation sites excluding steroid dienone is 8. The molecule has 2 heteroatoms. The van der Waals surface area contributed by atoms with Crippen LogP contribution in [0, 0.1) is 23.2 Å². The van der Waals surface area contributed by atoms with E-state index in [-0.39, 0.29) is 5.41 Å². The molecule has 5 unspecified atom stereocenters. The van der Waals surface area contributed by atoms with E-state index in [4.69, 9.17) is 0 Å². The summed E-state index contributed by atoms with van der Waals surface area (Å²) in [6.45, 7) is 14.6. The van der Waals surface area contributed by atoms with E-state index in [2.05, 4.69) is 51.7 Å². The summed E-state index contributed by atoms with van der Waals surface area (Å²) in [5.74, 6) is 1.45. The van der Waals surface area contributed by atoms with Crippen LogP contribution in [-0.4, -0.2) is 16.9 Å². The Morgan fingerprint density at radius 2 is 2.10 bits per heavy atom. The molecule has 3 rings (SSSR count). The fraction of sp³-hybridized carbons (Fsp3) is 0.643. The highest BCUT2D eigenvalue weighted by Crippen LogP contribution is 2.57. The van der Waals surface area contributed by atoms with E-state index in [1.807, 2.05) is 19.9 Å². The molecule has 0 heterocycles. The molecule has 0 aromatic heterocycles. The van der Waals surface area contributed by atoms with Gasteiger partial charge in [0.2, 0.25) is 0 Å². The maximum atomic E-state index is 14.2. The first-order valence-electron chi connectivity index (χ1n) is 11.8. The lowest BCUT2D eigenvalue weighted by Gasteiger charge is -2.42. The monoisotopic (exact) mass is 412 g/mol. The normalized spacial score (nSPS) is 36.4. The minimum absolute atomic E-state index is 0.226. The number of aliphatic hydroxyl groups is 1. The van der Waals surface area contributed by atoms with Crippen LogP contribution < -0.4 is 0 Å². The average Bonchev–Trinajstić information content (AvgIpc) is 3.00. The van der Waals surface area contributed by atoms with Crippen LogP contribution in [0.2, 0.25) is 0 Å². The van der Waals surface area contributed by atoms with Gasteiger partial charge in [-0.15, -0.1) is 0 Å². The standard InChI is InChI=1S/C28H41FO/c1-19-17-23(21(3)26(29)18-19)12-11-22-10-8-16-28(6)24(13-14-25(22)28)20(2)9-7-15-27(4,5)30/h7,11-13,15,19-20,25-26,30H,3,8-10,14,16-18H2,1-2,4-6H3/b15-7+,22-11-,23-12+. The molecule has 0 aliphatic heterocycles. The molecule has 0 saturated heterocycles. The van der Waals surface area contributed by atoms with Gasteiger partial charge in [0.1, 0.15) is 6.17 Å². The fourth-order valence-electron chi connectivity index (χ4n) is 5.97. The number of hydrogen-bond acceptors (Lipinski definition) is 1. The van der Waals surface area contributed by atoms with E-state index in [1.165, 1.54) is 18.4 Å². The van der Waals surface area contributed by atoms with Crippen LogP contribution in [0.1, 0.15) is 79.6 Å². The number of hydrogen-bond donors (Lipinski definition) is 1. The number of fused-ring (bicyclic) bond motifs is 1. The highest BCUT2D eigenvalue weighted by atomic mass is 19.1. The summed E-state index contributed by atoms with van der Waals surface area (Å²) in [7, 11) is 0. The van der Waals surface area contributed by atoms with Crippen molar-refractivity contribution in [3.8, 4) is 0 Å². The smallest absolute Gasteiger partial charge is 0.125 e. The van der Waals surface area contributed by atoms with Crippen molar-refractivity contribution < 1.29 is 9.50 Å². The zero-order chi connectivity index (χ0) is 22.1. The molecule has 0 aromatic rings. The average molecular weight is 413 g/mol. The molecule has 0 aromatic carbocycles. The largest absolute Gasteiger partial charge is 0.386 e. The Morgan fingerprint density at radius 1 is 1.37 bits per heavy atom. The van der Waals surface area contributed by atoms with Crippen molar-refractivity contribution in [2.75, 3.05) is 0 Å². The van der Waals surface area contributed by atoms with Crippen molar-refractivity contribution in [3.05, 3.63) is 59.3 Å². The third-order valence-electron chi connectivity index (χ3n) is 7.62. The molecule has 0 radical (unpaired) electrons. The Balaban J connectivity index is 1.75. The van der Waals surface area contributed by atoms with Gasteiger partial charge >= 0.3 is 0 Å². The molecule has 3 aliphatic rings. The molecule has 0 bridgehead atoms. The van der Waals surface area contributed by atoms with Gasteiger partial charge in [0.15, 0.2) is 0 Å². The van der Waals surface area contributed by atoms with Crippen LogP contribution in [0.25, 0.3) is 0 Å². The second kappa shape index (κ2) is 8.99. The van der Waals surface area contributed by atoms with Gasteiger partial charge < -0.3 is 5.11 Å². The molecule has 2 fully saturated rings.